The van der Waals surface area contributed by atoms with E-state index in [-0.39, 0.29) is 5.56 Å². The fraction of sp³-hybridized carbons (Fsp3) is 0.0588. The smallest absolute Gasteiger partial charge is 0.336 e. The molecule has 0 radical (unpaired) electrons. The number of methoxy groups -OCH3 is 1. The molecule has 4 nitrogen and oxygen atoms in total. The Balaban J connectivity index is 2.35. The third kappa shape index (κ3) is 2.55. The van der Waals surface area contributed by atoms with Crippen molar-refractivity contribution < 1.29 is 14.6 Å². The number of ether oxygens (including phenoxy) is 1. The van der Waals surface area contributed by atoms with Crippen LogP contribution in [0.1, 0.15) is 10.4 Å². The summed E-state index contributed by atoms with van der Waals surface area (Å²) in [5.41, 5.74) is 2.18. The fourth-order valence-corrected chi connectivity index (χ4v) is 2.76. The van der Waals surface area contributed by atoms with Crippen LogP contribution in [0.2, 0.25) is 0 Å². The van der Waals surface area contributed by atoms with Gasteiger partial charge in [0.05, 0.1) is 18.4 Å². The number of pyridine rings is 1. The number of carboxylic acids is 1. The molecule has 0 atom stereocenters. The Morgan fingerprint density at radius 2 is 1.95 bits per heavy atom. The van der Waals surface area contributed by atoms with Crippen LogP contribution in [0.4, 0.5) is 0 Å². The molecule has 0 amide bonds. The molecule has 0 saturated carbocycles. The van der Waals surface area contributed by atoms with Crippen molar-refractivity contribution in [1.82, 2.24) is 4.98 Å². The van der Waals surface area contributed by atoms with Gasteiger partial charge in [0.2, 0.25) is 0 Å². The summed E-state index contributed by atoms with van der Waals surface area (Å²) in [5, 5.41) is 10.1. The lowest BCUT2D eigenvalue weighted by molar-refractivity contribution is 0.0699. The van der Waals surface area contributed by atoms with E-state index in [1.54, 1.807) is 31.4 Å². The fourth-order valence-electron chi connectivity index (χ4n) is 2.36. The molecule has 0 spiro atoms. The predicted octanol–water partition coefficient (Wildman–Crippen LogP) is 4.37. The lowest BCUT2D eigenvalue weighted by atomic mass is 10.0. The molecule has 2 aromatic carbocycles. The average molecular weight is 358 g/mol. The topological polar surface area (TPSA) is 59.4 Å². The molecule has 0 aliphatic carbocycles. The number of fused-ring (bicyclic) bond motifs is 1. The molecule has 1 aromatic heterocycles. The molecule has 0 aliphatic heterocycles. The standard InChI is InChI=1S/C17H12BrNO3/c1-22-15-7-3-6-12-13(17(20)21)9-14(19-16(12)15)10-4-2-5-11(18)8-10/h2-9H,1H3,(H,20,21). The van der Waals surface area contributed by atoms with Gasteiger partial charge in [-0.05, 0) is 24.3 Å². The summed E-state index contributed by atoms with van der Waals surface area (Å²) in [6.07, 6.45) is 0. The number of aromatic carboxylic acids is 1. The number of benzene rings is 2. The first-order chi connectivity index (χ1) is 10.6. The predicted molar refractivity (Wildman–Crippen MR) is 88.4 cm³/mol. The Morgan fingerprint density at radius 3 is 2.64 bits per heavy atom. The Bertz CT molecular complexity index is 877. The normalized spacial score (nSPS) is 10.6. The molecule has 5 heteroatoms. The number of rotatable bonds is 3. The zero-order chi connectivity index (χ0) is 15.7. The average Bonchev–Trinajstić information content (AvgIpc) is 2.53. The Morgan fingerprint density at radius 1 is 1.18 bits per heavy atom. The molecule has 0 saturated heterocycles. The second-order valence-corrected chi connectivity index (χ2v) is 5.64. The van der Waals surface area contributed by atoms with Gasteiger partial charge >= 0.3 is 5.97 Å². The Hall–Kier alpha value is -2.40. The number of carbonyl (C=O) groups is 1. The van der Waals surface area contributed by atoms with E-state index in [9.17, 15) is 9.90 Å². The number of aromatic nitrogens is 1. The highest BCUT2D eigenvalue weighted by Gasteiger charge is 2.15. The summed E-state index contributed by atoms with van der Waals surface area (Å²) in [6.45, 7) is 0. The van der Waals surface area contributed by atoms with Crippen molar-refractivity contribution in [2.45, 2.75) is 0 Å². The van der Waals surface area contributed by atoms with E-state index >= 15 is 0 Å². The summed E-state index contributed by atoms with van der Waals surface area (Å²) in [7, 11) is 1.54. The summed E-state index contributed by atoms with van der Waals surface area (Å²) >= 11 is 3.42. The first kappa shape index (κ1) is 14.5. The van der Waals surface area contributed by atoms with E-state index in [4.69, 9.17) is 4.74 Å². The summed E-state index contributed by atoms with van der Waals surface area (Å²) < 4.78 is 6.22. The molecule has 1 N–H and O–H groups in total. The van der Waals surface area contributed by atoms with Crippen LogP contribution < -0.4 is 4.74 Å². The molecule has 0 unspecified atom stereocenters. The van der Waals surface area contributed by atoms with Gasteiger partial charge in [0.25, 0.3) is 0 Å². The van der Waals surface area contributed by atoms with Crippen LogP contribution in [0, 0.1) is 0 Å². The third-order valence-electron chi connectivity index (χ3n) is 3.37. The van der Waals surface area contributed by atoms with Crippen LogP contribution in [0.15, 0.2) is 53.0 Å². The number of halogens is 1. The first-order valence-electron chi connectivity index (χ1n) is 6.57. The monoisotopic (exact) mass is 357 g/mol. The third-order valence-corrected chi connectivity index (χ3v) is 3.87. The molecular formula is C17H12BrNO3. The lowest BCUT2D eigenvalue weighted by Crippen LogP contribution is -2.01. The van der Waals surface area contributed by atoms with Crippen LogP contribution >= 0.6 is 15.9 Å². The molecule has 22 heavy (non-hydrogen) atoms. The largest absolute Gasteiger partial charge is 0.494 e. The minimum Gasteiger partial charge on any atom is -0.494 e. The van der Waals surface area contributed by atoms with E-state index in [1.807, 2.05) is 24.3 Å². The minimum atomic E-state index is -0.989. The van der Waals surface area contributed by atoms with Crippen molar-refractivity contribution >= 4 is 32.8 Å². The molecular weight excluding hydrogens is 346 g/mol. The molecule has 110 valence electrons. The molecule has 0 bridgehead atoms. The second kappa shape index (κ2) is 5.77. The van der Waals surface area contributed by atoms with Gasteiger partial charge in [-0.15, -0.1) is 0 Å². The molecule has 0 fully saturated rings. The van der Waals surface area contributed by atoms with Crippen LogP contribution in [0.5, 0.6) is 5.75 Å². The molecule has 1 heterocycles. The minimum absolute atomic E-state index is 0.207. The van der Waals surface area contributed by atoms with Crippen LogP contribution in [0.3, 0.4) is 0 Å². The van der Waals surface area contributed by atoms with Gasteiger partial charge in [-0.3, -0.25) is 0 Å². The van der Waals surface area contributed by atoms with Crippen molar-refractivity contribution in [1.29, 1.82) is 0 Å². The van der Waals surface area contributed by atoms with Gasteiger partial charge in [-0.1, -0.05) is 40.2 Å². The maximum atomic E-state index is 11.6. The van der Waals surface area contributed by atoms with Gasteiger partial charge in [0.1, 0.15) is 11.3 Å². The lowest BCUT2D eigenvalue weighted by Gasteiger charge is -2.10. The number of carboxylic acid groups (broad SMARTS) is 1. The zero-order valence-electron chi connectivity index (χ0n) is 11.7. The number of hydrogen-bond acceptors (Lipinski definition) is 3. The summed E-state index contributed by atoms with van der Waals surface area (Å²) in [6, 6.07) is 14.4. The SMILES string of the molecule is COc1cccc2c(C(=O)O)cc(-c3cccc(Br)c3)nc12. The highest BCUT2D eigenvalue weighted by molar-refractivity contribution is 9.10. The zero-order valence-corrected chi connectivity index (χ0v) is 13.3. The van der Waals surface area contributed by atoms with Crippen LogP contribution in [-0.2, 0) is 0 Å². The highest BCUT2D eigenvalue weighted by atomic mass is 79.9. The van der Waals surface area contributed by atoms with Crippen LogP contribution in [-0.4, -0.2) is 23.2 Å². The van der Waals surface area contributed by atoms with Gasteiger partial charge in [-0.2, -0.15) is 0 Å². The van der Waals surface area contributed by atoms with Gasteiger partial charge in [0.15, 0.2) is 0 Å². The maximum Gasteiger partial charge on any atom is 0.336 e. The number of para-hydroxylation sites is 1. The highest BCUT2D eigenvalue weighted by Crippen LogP contribution is 2.31. The van der Waals surface area contributed by atoms with E-state index in [0.29, 0.717) is 22.3 Å². The van der Waals surface area contributed by atoms with E-state index in [1.165, 1.54) is 0 Å². The van der Waals surface area contributed by atoms with Crippen molar-refractivity contribution in [3.8, 4) is 17.0 Å². The second-order valence-electron chi connectivity index (χ2n) is 4.73. The quantitative estimate of drug-likeness (QED) is 0.755. The summed E-state index contributed by atoms with van der Waals surface area (Å²) in [5.74, 6) is -0.436. The number of nitrogens with zero attached hydrogens (tertiary/aromatic N) is 1. The van der Waals surface area contributed by atoms with Crippen LogP contribution in [0.25, 0.3) is 22.2 Å². The van der Waals surface area contributed by atoms with E-state index in [0.717, 1.165) is 10.0 Å². The molecule has 3 rings (SSSR count). The maximum absolute atomic E-state index is 11.6. The Labute approximate surface area is 135 Å². The van der Waals surface area contributed by atoms with Crippen molar-refractivity contribution in [3.05, 3.63) is 58.6 Å². The van der Waals surface area contributed by atoms with Crippen molar-refractivity contribution in [2.24, 2.45) is 0 Å². The van der Waals surface area contributed by atoms with Gasteiger partial charge < -0.3 is 9.84 Å². The van der Waals surface area contributed by atoms with E-state index in [2.05, 4.69) is 20.9 Å². The first-order valence-corrected chi connectivity index (χ1v) is 7.36. The number of hydrogen-bond donors (Lipinski definition) is 1. The molecule has 0 aliphatic rings. The van der Waals surface area contributed by atoms with Crippen molar-refractivity contribution in [2.75, 3.05) is 7.11 Å². The van der Waals surface area contributed by atoms with E-state index < -0.39 is 5.97 Å². The van der Waals surface area contributed by atoms with Gasteiger partial charge in [0, 0.05) is 15.4 Å². The van der Waals surface area contributed by atoms with Gasteiger partial charge in [-0.25, -0.2) is 9.78 Å². The summed E-state index contributed by atoms with van der Waals surface area (Å²) in [4.78, 5) is 16.2. The molecule has 3 aromatic rings. The Kier molecular flexibility index (Phi) is 3.81. The van der Waals surface area contributed by atoms with Crippen molar-refractivity contribution in [3.63, 3.8) is 0 Å².